The predicted octanol–water partition coefficient (Wildman–Crippen LogP) is 5.36. The van der Waals surface area contributed by atoms with Crippen LogP contribution < -0.4 is 4.74 Å². The maximum atomic E-state index is 12.3. The molecular formula is C18H17F3O2. The first-order valence-corrected chi connectivity index (χ1v) is 7.06. The number of benzene rings is 2. The highest BCUT2D eigenvalue weighted by Gasteiger charge is 2.32. The van der Waals surface area contributed by atoms with E-state index in [0.29, 0.717) is 11.8 Å². The molecule has 0 fully saturated rings. The van der Waals surface area contributed by atoms with Gasteiger partial charge in [0.15, 0.2) is 6.29 Å². The van der Waals surface area contributed by atoms with Gasteiger partial charge in [0, 0.05) is 0 Å². The SMILES string of the molecule is CC(C)(C)c1ccc(-c2ccc(OC(F)(F)F)c(C=O)c2)cc1. The van der Waals surface area contributed by atoms with E-state index in [9.17, 15) is 18.0 Å². The number of aldehydes is 1. The zero-order valence-electron chi connectivity index (χ0n) is 13.1. The van der Waals surface area contributed by atoms with Gasteiger partial charge in [-0.3, -0.25) is 4.79 Å². The van der Waals surface area contributed by atoms with Crippen molar-refractivity contribution in [2.75, 3.05) is 0 Å². The van der Waals surface area contributed by atoms with Crippen LogP contribution in [0.2, 0.25) is 0 Å². The van der Waals surface area contributed by atoms with Crippen LogP contribution in [-0.2, 0) is 5.41 Å². The molecule has 0 heterocycles. The number of hydrogen-bond acceptors (Lipinski definition) is 2. The molecule has 0 atom stereocenters. The minimum absolute atomic E-state index is 0.0108. The third kappa shape index (κ3) is 4.34. The Morgan fingerprint density at radius 2 is 1.48 bits per heavy atom. The van der Waals surface area contributed by atoms with Gasteiger partial charge in [-0.15, -0.1) is 13.2 Å². The first-order valence-electron chi connectivity index (χ1n) is 7.06. The predicted molar refractivity (Wildman–Crippen MR) is 82.6 cm³/mol. The number of ether oxygens (including phenoxy) is 1. The number of rotatable bonds is 3. The van der Waals surface area contributed by atoms with E-state index in [0.717, 1.165) is 17.2 Å². The Balaban J connectivity index is 2.36. The fraction of sp³-hybridized carbons (Fsp3) is 0.278. The van der Waals surface area contributed by atoms with Crippen molar-refractivity contribution in [2.24, 2.45) is 0 Å². The van der Waals surface area contributed by atoms with Crippen molar-refractivity contribution in [1.29, 1.82) is 0 Å². The molecule has 2 nitrogen and oxygen atoms in total. The lowest BCUT2D eigenvalue weighted by molar-refractivity contribution is -0.274. The molecule has 5 heteroatoms. The molecule has 2 rings (SSSR count). The Hall–Kier alpha value is -2.30. The smallest absolute Gasteiger partial charge is 0.405 e. The lowest BCUT2D eigenvalue weighted by Gasteiger charge is -2.19. The summed E-state index contributed by atoms with van der Waals surface area (Å²) in [5.41, 5.74) is 2.49. The van der Waals surface area contributed by atoms with E-state index >= 15 is 0 Å². The fourth-order valence-electron chi connectivity index (χ4n) is 2.20. The van der Waals surface area contributed by atoms with E-state index in [1.54, 1.807) is 0 Å². The summed E-state index contributed by atoms with van der Waals surface area (Å²) in [7, 11) is 0. The molecule has 0 aliphatic carbocycles. The summed E-state index contributed by atoms with van der Waals surface area (Å²) in [5, 5.41) is 0. The van der Waals surface area contributed by atoms with Crippen LogP contribution >= 0.6 is 0 Å². The molecule has 23 heavy (non-hydrogen) atoms. The zero-order chi connectivity index (χ0) is 17.3. The van der Waals surface area contributed by atoms with Crippen LogP contribution in [0.4, 0.5) is 13.2 Å². The first-order chi connectivity index (χ1) is 10.6. The molecule has 0 unspecified atom stereocenters. The second kappa shape index (κ2) is 6.07. The van der Waals surface area contributed by atoms with Gasteiger partial charge in [-0.2, -0.15) is 0 Å². The summed E-state index contributed by atoms with van der Waals surface area (Å²) in [6, 6.07) is 11.8. The van der Waals surface area contributed by atoms with Gasteiger partial charge in [0.2, 0.25) is 0 Å². The Labute approximate surface area is 132 Å². The lowest BCUT2D eigenvalue weighted by Crippen LogP contribution is -2.18. The Bertz CT molecular complexity index is 696. The number of alkyl halides is 3. The van der Waals surface area contributed by atoms with Crippen molar-refractivity contribution in [2.45, 2.75) is 32.5 Å². The summed E-state index contributed by atoms with van der Waals surface area (Å²) in [5.74, 6) is -0.498. The van der Waals surface area contributed by atoms with Crippen molar-refractivity contribution in [3.05, 3.63) is 53.6 Å². The van der Waals surface area contributed by atoms with Crippen LogP contribution in [-0.4, -0.2) is 12.6 Å². The van der Waals surface area contributed by atoms with Crippen molar-refractivity contribution >= 4 is 6.29 Å². The average molecular weight is 322 g/mol. The normalized spacial score (nSPS) is 12.1. The highest BCUT2D eigenvalue weighted by atomic mass is 19.4. The standard InChI is InChI=1S/C18H17F3O2/c1-17(2,3)15-7-4-12(5-8-15)13-6-9-16(14(10-13)11-22)23-18(19,20)21/h4-11H,1-3H3. The van der Waals surface area contributed by atoms with Gasteiger partial charge in [0.1, 0.15) is 5.75 Å². The van der Waals surface area contributed by atoms with E-state index in [1.807, 2.05) is 24.3 Å². The maximum absolute atomic E-state index is 12.3. The topological polar surface area (TPSA) is 26.3 Å². The Morgan fingerprint density at radius 1 is 0.913 bits per heavy atom. The summed E-state index contributed by atoms with van der Waals surface area (Å²) in [4.78, 5) is 11.0. The van der Waals surface area contributed by atoms with E-state index < -0.39 is 12.1 Å². The summed E-state index contributed by atoms with van der Waals surface area (Å²) >= 11 is 0. The lowest BCUT2D eigenvalue weighted by atomic mass is 9.86. The average Bonchev–Trinajstić information content (AvgIpc) is 2.45. The van der Waals surface area contributed by atoms with Gasteiger partial charge in [0.25, 0.3) is 0 Å². The van der Waals surface area contributed by atoms with Crippen LogP contribution in [0, 0.1) is 0 Å². The van der Waals surface area contributed by atoms with Gasteiger partial charge in [0.05, 0.1) is 5.56 Å². The molecule has 0 amide bonds. The number of hydrogen-bond donors (Lipinski definition) is 0. The zero-order valence-corrected chi connectivity index (χ0v) is 13.1. The molecule has 0 aromatic heterocycles. The molecule has 0 N–H and O–H groups in total. The highest BCUT2D eigenvalue weighted by Crippen LogP contribution is 2.31. The third-order valence-electron chi connectivity index (χ3n) is 3.45. The van der Waals surface area contributed by atoms with Crippen LogP contribution in [0.15, 0.2) is 42.5 Å². The van der Waals surface area contributed by atoms with Gasteiger partial charge >= 0.3 is 6.36 Å². The molecule has 2 aromatic carbocycles. The monoisotopic (exact) mass is 322 g/mol. The van der Waals surface area contributed by atoms with Gasteiger partial charge in [-0.25, -0.2) is 0 Å². The Morgan fingerprint density at radius 3 is 1.96 bits per heavy atom. The molecule has 122 valence electrons. The van der Waals surface area contributed by atoms with Gasteiger partial charge in [-0.1, -0.05) is 51.1 Å². The van der Waals surface area contributed by atoms with Crippen molar-refractivity contribution in [3.8, 4) is 16.9 Å². The molecule has 0 bridgehead atoms. The van der Waals surface area contributed by atoms with Crippen LogP contribution in [0.1, 0.15) is 36.7 Å². The molecule has 2 aromatic rings. The summed E-state index contributed by atoms with van der Waals surface area (Å²) in [6.45, 7) is 6.28. The highest BCUT2D eigenvalue weighted by molar-refractivity contribution is 5.83. The second-order valence-corrected chi connectivity index (χ2v) is 6.25. The van der Waals surface area contributed by atoms with Gasteiger partial charge in [-0.05, 0) is 34.2 Å². The first kappa shape index (κ1) is 17.1. The summed E-state index contributed by atoms with van der Waals surface area (Å²) < 4.78 is 40.7. The van der Waals surface area contributed by atoms with Crippen molar-refractivity contribution in [3.63, 3.8) is 0 Å². The quantitative estimate of drug-likeness (QED) is 0.711. The molecule has 0 saturated carbocycles. The number of halogens is 3. The number of carbonyl (C=O) groups is 1. The van der Waals surface area contributed by atoms with Crippen molar-refractivity contribution in [1.82, 2.24) is 0 Å². The molecule has 0 spiro atoms. The fourth-order valence-corrected chi connectivity index (χ4v) is 2.20. The van der Waals surface area contributed by atoms with E-state index in [1.165, 1.54) is 12.1 Å². The van der Waals surface area contributed by atoms with Crippen LogP contribution in [0.25, 0.3) is 11.1 Å². The van der Waals surface area contributed by atoms with E-state index in [4.69, 9.17) is 0 Å². The summed E-state index contributed by atoms with van der Waals surface area (Å²) in [6.07, 6.45) is -4.47. The van der Waals surface area contributed by atoms with Crippen LogP contribution in [0.3, 0.4) is 0 Å². The Kier molecular flexibility index (Phi) is 4.50. The van der Waals surface area contributed by atoms with Crippen molar-refractivity contribution < 1.29 is 22.7 Å². The van der Waals surface area contributed by atoms with Crippen LogP contribution in [0.5, 0.6) is 5.75 Å². The minimum atomic E-state index is -4.83. The third-order valence-corrected chi connectivity index (χ3v) is 3.45. The molecule has 0 aliphatic heterocycles. The molecule has 0 aliphatic rings. The van der Waals surface area contributed by atoms with E-state index in [2.05, 4.69) is 25.5 Å². The maximum Gasteiger partial charge on any atom is 0.573 e. The molecule has 0 saturated heterocycles. The number of carbonyl (C=O) groups excluding carboxylic acids is 1. The molecular weight excluding hydrogens is 305 g/mol. The minimum Gasteiger partial charge on any atom is -0.405 e. The van der Waals surface area contributed by atoms with E-state index in [-0.39, 0.29) is 11.0 Å². The van der Waals surface area contributed by atoms with Gasteiger partial charge < -0.3 is 4.74 Å². The second-order valence-electron chi connectivity index (χ2n) is 6.25. The largest absolute Gasteiger partial charge is 0.573 e. The molecule has 0 radical (unpaired) electrons.